The van der Waals surface area contributed by atoms with E-state index in [-0.39, 0.29) is 12.2 Å². The SMILES string of the molecule is COc1cccc(OC)c1C(=O)Cc1cccc(Cl)c1. The molecule has 20 heavy (non-hydrogen) atoms. The van der Waals surface area contributed by atoms with Gasteiger partial charge >= 0.3 is 0 Å². The fourth-order valence-corrected chi connectivity index (χ4v) is 2.26. The summed E-state index contributed by atoms with van der Waals surface area (Å²) in [6.07, 6.45) is 0.247. The number of Topliss-reactive ketones (excluding diaryl/α,β-unsaturated/α-hetero) is 1. The van der Waals surface area contributed by atoms with Crippen molar-refractivity contribution < 1.29 is 14.3 Å². The van der Waals surface area contributed by atoms with Crippen LogP contribution in [0.5, 0.6) is 11.5 Å². The van der Waals surface area contributed by atoms with Crippen LogP contribution in [0.3, 0.4) is 0 Å². The molecule has 2 aromatic carbocycles. The molecule has 0 aliphatic carbocycles. The molecule has 0 aliphatic heterocycles. The fraction of sp³-hybridized carbons (Fsp3) is 0.188. The van der Waals surface area contributed by atoms with Crippen LogP contribution in [0.2, 0.25) is 5.02 Å². The summed E-state index contributed by atoms with van der Waals surface area (Å²) in [5.74, 6) is 0.953. The van der Waals surface area contributed by atoms with Gasteiger partial charge in [0.05, 0.1) is 14.2 Å². The number of methoxy groups -OCH3 is 2. The van der Waals surface area contributed by atoms with Crippen molar-refractivity contribution in [3.63, 3.8) is 0 Å². The smallest absolute Gasteiger partial charge is 0.174 e. The molecule has 0 aromatic heterocycles. The third kappa shape index (κ3) is 3.11. The molecule has 0 saturated heterocycles. The maximum Gasteiger partial charge on any atom is 0.174 e. The van der Waals surface area contributed by atoms with Crippen LogP contribution in [0.15, 0.2) is 42.5 Å². The summed E-state index contributed by atoms with van der Waals surface area (Å²) in [7, 11) is 3.07. The third-order valence-electron chi connectivity index (χ3n) is 2.96. The van der Waals surface area contributed by atoms with E-state index in [4.69, 9.17) is 21.1 Å². The lowest BCUT2D eigenvalue weighted by atomic mass is 10.0. The van der Waals surface area contributed by atoms with Crippen molar-refractivity contribution in [2.45, 2.75) is 6.42 Å². The first-order valence-electron chi connectivity index (χ1n) is 6.14. The van der Waals surface area contributed by atoms with E-state index in [1.54, 1.807) is 30.3 Å². The molecule has 0 unspecified atom stereocenters. The van der Waals surface area contributed by atoms with E-state index in [9.17, 15) is 4.79 Å². The van der Waals surface area contributed by atoms with E-state index in [2.05, 4.69) is 0 Å². The number of hydrogen-bond acceptors (Lipinski definition) is 3. The van der Waals surface area contributed by atoms with Crippen LogP contribution in [0.1, 0.15) is 15.9 Å². The first kappa shape index (κ1) is 14.4. The average Bonchev–Trinajstić information content (AvgIpc) is 2.46. The van der Waals surface area contributed by atoms with Crippen LogP contribution in [-0.2, 0) is 6.42 Å². The second-order valence-corrected chi connectivity index (χ2v) is 4.70. The first-order valence-corrected chi connectivity index (χ1v) is 6.52. The molecule has 104 valence electrons. The van der Waals surface area contributed by atoms with Gasteiger partial charge in [-0.25, -0.2) is 0 Å². The predicted octanol–water partition coefficient (Wildman–Crippen LogP) is 3.78. The Hall–Kier alpha value is -2.00. The molecule has 0 heterocycles. The summed E-state index contributed by atoms with van der Waals surface area (Å²) >= 11 is 5.93. The summed E-state index contributed by atoms with van der Waals surface area (Å²) in [5.41, 5.74) is 1.31. The van der Waals surface area contributed by atoms with Gasteiger partial charge in [-0.05, 0) is 29.8 Å². The van der Waals surface area contributed by atoms with Gasteiger partial charge in [0.25, 0.3) is 0 Å². The van der Waals surface area contributed by atoms with E-state index >= 15 is 0 Å². The Kier molecular flexibility index (Phi) is 4.64. The second-order valence-electron chi connectivity index (χ2n) is 4.27. The Morgan fingerprint density at radius 3 is 2.20 bits per heavy atom. The van der Waals surface area contributed by atoms with E-state index in [0.29, 0.717) is 22.1 Å². The van der Waals surface area contributed by atoms with Crippen LogP contribution < -0.4 is 9.47 Å². The summed E-state index contributed by atoms with van der Waals surface area (Å²) in [6.45, 7) is 0. The van der Waals surface area contributed by atoms with Crippen molar-refractivity contribution in [1.82, 2.24) is 0 Å². The highest BCUT2D eigenvalue weighted by atomic mass is 35.5. The number of carbonyl (C=O) groups excluding carboxylic acids is 1. The lowest BCUT2D eigenvalue weighted by Gasteiger charge is -2.12. The average molecular weight is 291 g/mol. The molecule has 0 amide bonds. The number of ketones is 1. The van der Waals surface area contributed by atoms with E-state index in [1.165, 1.54) is 14.2 Å². The fourth-order valence-electron chi connectivity index (χ4n) is 2.05. The number of hydrogen-bond donors (Lipinski definition) is 0. The molecule has 0 fully saturated rings. The first-order chi connectivity index (χ1) is 9.65. The monoisotopic (exact) mass is 290 g/mol. The molecule has 4 heteroatoms. The van der Waals surface area contributed by atoms with Crippen LogP contribution in [0.25, 0.3) is 0 Å². The van der Waals surface area contributed by atoms with Crippen molar-refractivity contribution in [2.75, 3.05) is 14.2 Å². The van der Waals surface area contributed by atoms with E-state index < -0.39 is 0 Å². The number of ether oxygens (including phenoxy) is 2. The zero-order chi connectivity index (χ0) is 14.5. The van der Waals surface area contributed by atoms with Crippen LogP contribution >= 0.6 is 11.6 Å². The van der Waals surface area contributed by atoms with Crippen LogP contribution in [0, 0.1) is 0 Å². The molecule has 3 nitrogen and oxygen atoms in total. The number of benzene rings is 2. The molecule has 2 rings (SSSR count). The van der Waals surface area contributed by atoms with Crippen molar-refractivity contribution in [2.24, 2.45) is 0 Å². The zero-order valence-corrected chi connectivity index (χ0v) is 12.1. The molecule has 0 aliphatic rings. The number of halogens is 1. The van der Waals surface area contributed by atoms with Crippen molar-refractivity contribution in [1.29, 1.82) is 0 Å². The molecular formula is C16H15ClO3. The molecule has 2 aromatic rings. The van der Waals surface area contributed by atoms with E-state index in [0.717, 1.165) is 5.56 Å². The summed E-state index contributed by atoms with van der Waals surface area (Å²) in [6, 6.07) is 12.5. The third-order valence-corrected chi connectivity index (χ3v) is 3.20. The minimum absolute atomic E-state index is 0.0680. The topological polar surface area (TPSA) is 35.5 Å². The largest absolute Gasteiger partial charge is 0.496 e. The second kappa shape index (κ2) is 6.44. The molecule has 0 N–H and O–H groups in total. The van der Waals surface area contributed by atoms with Crippen LogP contribution in [-0.4, -0.2) is 20.0 Å². The molecule has 0 atom stereocenters. The summed E-state index contributed by atoms with van der Waals surface area (Å²) in [5, 5.41) is 0.613. The molecular weight excluding hydrogens is 276 g/mol. The highest BCUT2D eigenvalue weighted by Gasteiger charge is 2.18. The van der Waals surface area contributed by atoms with Gasteiger partial charge in [0.2, 0.25) is 0 Å². The minimum atomic E-state index is -0.0680. The maximum absolute atomic E-state index is 12.5. The van der Waals surface area contributed by atoms with Gasteiger partial charge < -0.3 is 9.47 Å². The van der Waals surface area contributed by atoms with Gasteiger partial charge in [-0.2, -0.15) is 0 Å². The van der Waals surface area contributed by atoms with E-state index in [1.807, 2.05) is 12.1 Å². The standard InChI is InChI=1S/C16H15ClO3/c1-19-14-7-4-8-15(20-2)16(14)13(18)10-11-5-3-6-12(17)9-11/h3-9H,10H2,1-2H3. The maximum atomic E-state index is 12.5. The molecule has 0 saturated carbocycles. The molecule has 0 bridgehead atoms. The van der Waals surface area contributed by atoms with Gasteiger partial charge in [-0.15, -0.1) is 0 Å². The van der Waals surface area contributed by atoms with Crippen molar-refractivity contribution >= 4 is 17.4 Å². The Morgan fingerprint density at radius 1 is 1.05 bits per heavy atom. The van der Waals surface area contributed by atoms with Crippen molar-refractivity contribution in [3.8, 4) is 11.5 Å². The minimum Gasteiger partial charge on any atom is -0.496 e. The number of carbonyl (C=O) groups is 1. The molecule has 0 radical (unpaired) electrons. The van der Waals surface area contributed by atoms with Gasteiger partial charge in [-0.1, -0.05) is 29.8 Å². The Labute approximate surface area is 123 Å². The Morgan fingerprint density at radius 2 is 1.65 bits per heavy atom. The number of rotatable bonds is 5. The predicted molar refractivity (Wildman–Crippen MR) is 79.0 cm³/mol. The van der Waals surface area contributed by atoms with Crippen molar-refractivity contribution in [3.05, 3.63) is 58.6 Å². The highest BCUT2D eigenvalue weighted by Crippen LogP contribution is 2.29. The van der Waals surface area contributed by atoms with Gasteiger partial charge in [-0.3, -0.25) is 4.79 Å². The normalized spacial score (nSPS) is 10.2. The lowest BCUT2D eigenvalue weighted by Crippen LogP contribution is -2.08. The highest BCUT2D eigenvalue weighted by molar-refractivity contribution is 6.30. The van der Waals surface area contributed by atoms with Gasteiger partial charge in [0.15, 0.2) is 5.78 Å². The van der Waals surface area contributed by atoms with Crippen LogP contribution in [0.4, 0.5) is 0 Å². The van der Waals surface area contributed by atoms with Gasteiger partial charge in [0, 0.05) is 11.4 Å². The summed E-state index contributed by atoms with van der Waals surface area (Å²) < 4.78 is 10.5. The summed E-state index contributed by atoms with van der Waals surface area (Å²) in [4.78, 5) is 12.5. The lowest BCUT2D eigenvalue weighted by molar-refractivity contribution is 0.0987. The van der Waals surface area contributed by atoms with Gasteiger partial charge in [0.1, 0.15) is 17.1 Å². The zero-order valence-electron chi connectivity index (χ0n) is 11.4. The molecule has 0 spiro atoms. The quantitative estimate of drug-likeness (QED) is 0.786. The Bertz CT molecular complexity index is 601. The Balaban J connectivity index is 2.33.